The van der Waals surface area contributed by atoms with Gasteiger partial charge in [-0.1, -0.05) is 12.1 Å². The van der Waals surface area contributed by atoms with Crippen LogP contribution in [0.1, 0.15) is 6.92 Å². The van der Waals surface area contributed by atoms with Crippen LogP contribution in [0.25, 0.3) is 10.9 Å². The molecule has 2 rings (SSSR count). The third kappa shape index (κ3) is 2.69. The maximum absolute atomic E-state index is 12.3. The van der Waals surface area contributed by atoms with Crippen molar-refractivity contribution >= 4 is 16.9 Å². The summed E-state index contributed by atoms with van der Waals surface area (Å²) in [5.74, 6) is -0.577. The normalized spacial score (nSPS) is 10.3. The minimum absolute atomic E-state index is 0.198. The number of carbonyl (C=O) groups is 1. The Balaban J connectivity index is 2.73. The molecule has 0 atom stereocenters. The number of nitriles is 1. The summed E-state index contributed by atoms with van der Waals surface area (Å²) >= 11 is 0. The Morgan fingerprint density at radius 1 is 1.29 bits per heavy atom. The van der Waals surface area contributed by atoms with Gasteiger partial charge in [0.25, 0.3) is 5.56 Å². The highest BCUT2D eigenvalue weighted by atomic mass is 16.5. The van der Waals surface area contributed by atoms with Gasteiger partial charge in [-0.2, -0.15) is 5.26 Å². The monoisotopic (exact) mass is 287 g/mol. The highest BCUT2D eigenvalue weighted by Gasteiger charge is 2.15. The third-order valence-corrected chi connectivity index (χ3v) is 2.95. The van der Waals surface area contributed by atoms with E-state index in [1.54, 1.807) is 37.3 Å². The van der Waals surface area contributed by atoms with Gasteiger partial charge in [0.1, 0.15) is 13.1 Å². The Morgan fingerprint density at radius 2 is 2.00 bits per heavy atom. The van der Waals surface area contributed by atoms with E-state index in [0.29, 0.717) is 5.52 Å². The van der Waals surface area contributed by atoms with Crippen molar-refractivity contribution < 1.29 is 9.53 Å². The average Bonchev–Trinajstić information content (AvgIpc) is 2.48. The van der Waals surface area contributed by atoms with E-state index in [1.165, 1.54) is 0 Å². The molecule has 7 heteroatoms. The van der Waals surface area contributed by atoms with Crippen molar-refractivity contribution in [2.75, 3.05) is 6.61 Å². The van der Waals surface area contributed by atoms with Crippen LogP contribution in [0.4, 0.5) is 0 Å². The van der Waals surface area contributed by atoms with E-state index in [-0.39, 0.29) is 25.1 Å². The fraction of sp³-hybridized carbons (Fsp3) is 0.286. The quantitative estimate of drug-likeness (QED) is 0.751. The number of hydrogen-bond donors (Lipinski definition) is 0. The number of rotatable bonds is 4. The average molecular weight is 287 g/mol. The van der Waals surface area contributed by atoms with Gasteiger partial charge in [-0.15, -0.1) is 0 Å². The summed E-state index contributed by atoms with van der Waals surface area (Å²) in [6, 6.07) is 8.21. The second-order valence-corrected chi connectivity index (χ2v) is 4.24. The summed E-state index contributed by atoms with van der Waals surface area (Å²) in [6.45, 7) is 1.18. The molecule has 0 aliphatic heterocycles. The summed E-state index contributed by atoms with van der Waals surface area (Å²) in [4.78, 5) is 36.1. The van der Waals surface area contributed by atoms with Crippen molar-refractivity contribution in [3.8, 4) is 6.07 Å². The highest BCUT2D eigenvalue weighted by molar-refractivity contribution is 5.79. The Morgan fingerprint density at radius 3 is 2.67 bits per heavy atom. The van der Waals surface area contributed by atoms with Crippen molar-refractivity contribution in [3.63, 3.8) is 0 Å². The molecular formula is C14H13N3O4. The van der Waals surface area contributed by atoms with E-state index >= 15 is 0 Å². The Kier molecular flexibility index (Phi) is 4.18. The number of aromatic nitrogens is 2. The van der Waals surface area contributed by atoms with Gasteiger partial charge in [-0.05, 0) is 19.1 Å². The van der Waals surface area contributed by atoms with Gasteiger partial charge in [-0.3, -0.25) is 14.2 Å². The van der Waals surface area contributed by atoms with Crippen molar-refractivity contribution in [2.24, 2.45) is 0 Å². The second kappa shape index (κ2) is 6.05. The first-order valence-electron chi connectivity index (χ1n) is 6.35. The molecule has 0 amide bonds. The largest absolute Gasteiger partial charge is 0.465 e. The number of ether oxygens (including phenoxy) is 1. The number of fused-ring (bicyclic) bond motifs is 1. The molecule has 0 saturated carbocycles. The van der Waals surface area contributed by atoms with Crippen LogP contribution in [0, 0.1) is 11.3 Å². The molecule has 7 nitrogen and oxygen atoms in total. The maximum atomic E-state index is 12.3. The van der Waals surface area contributed by atoms with Gasteiger partial charge in [0.15, 0.2) is 0 Å². The van der Waals surface area contributed by atoms with Gasteiger partial charge in [-0.25, -0.2) is 9.36 Å². The van der Waals surface area contributed by atoms with E-state index in [9.17, 15) is 14.4 Å². The number of para-hydroxylation sites is 1. The number of esters is 1. The summed E-state index contributed by atoms with van der Waals surface area (Å²) in [6.07, 6.45) is 0. The molecule has 0 aliphatic carbocycles. The Bertz CT molecular complexity index is 842. The summed E-state index contributed by atoms with van der Waals surface area (Å²) in [5, 5.41) is 9.02. The van der Waals surface area contributed by atoms with Gasteiger partial charge >= 0.3 is 11.7 Å². The molecule has 0 unspecified atom stereocenters. The van der Waals surface area contributed by atoms with Gasteiger partial charge in [0.2, 0.25) is 0 Å². The molecule has 0 bridgehead atoms. The van der Waals surface area contributed by atoms with Crippen LogP contribution < -0.4 is 11.2 Å². The topological polar surface area (TPSA) is 94.1 Å². The molecule has 1 heterocycles. The predicted octanol–water partition coefficient (Wildman–Crippen LogP) is 0.250. The molecule has 21 heavy (non-hydrogen) atoms. The first-order valence-corrected chi connectivity index (χ1v) is 6.35. The highest BCUT2D eigenvalue weighted by Crippen LogP contribution is 2.07. The van der Waals surface area contributed by atoms with Gasteiger partial charge in [0, 0.05) is 0 Å². The zero-order chi connectivity index (χ0) is 15.4. The van der Waals surface area contributed by atoms with Crippen LogP contribution in [0.15, 0.2) is 33.9 Å². The first kappa shape index (κ1) is 14.5. The molecule has 0 N–H and O–H groups in total. The number of hydrogen-bond acceptors (Lipinski definition) is 5. The van der Waals surface area contributed by atoms with Crippen molar-refractivity contribution in [1.29, 1.82) is 5.26 Å². The van der Waals surface area contributed by atoms with Crippen LogP contribution >= 0.6 is 0 Å². The molecular weight excluding hydrogens is 274 g/mol. The van der Waals surface area contributed by atoms with Crippen molar-refractivity contribution in [2.45, 2.75) is 20.0 Å². The zero-order valence-electron chi connectivity index (χ0n) is 11.4. The fourth-order valence-corrected chi connectivity index (χ4v) is 2.07. The molecule has 0 aliphatic rings. The zero-order valence-corrected chi connectivity index (χ0v) is 11.4. The van der Waals surface area contributed by atoms with Crippen LogP contribution in [0.2, 0.25) is 0 Å². The number of nitrogens with zero attached hydrogens (tertiary/aromatic N) is 3. The molecule has 0 spiro atoms. The van der Waals surface area contributed by atoms with Crippen LogP contribution in [0.3, 0.4) is 0 Å². The van der Waals surface area contributed by atoms with Crippen LogP contribution in [-0.4, -0.2) is 21.7 Å². The lowest BCUT2D eigenvalue weighted by atomic mass is 10.2. The van der Waals surface area contributed by atoms with Crippen LogP contribution in [-0.2, 0) is 22.6 Å². The maximum Gasteiger partial charge on any atom is 0.332 e. The number of carbonyl (C=O) groups excluding carboxylic acids is 1. The van der Waals surface area contributed by atoms with E-state index in [1.807, 2.05) is 0 Å². The lowest BCUT2D eigenvalue weighted by Gasteiger charge is -2.11. The fourth-order valence-electron chi connectivity index (χ4n) is 2.07. The summed E-state index contributed by atoms with van der Waals surface area (Å²) in [7, 11) is 0. The molecule has 0 saturated heterocycles. The summed E-state index contributed by atoms with van der Waals surface area (Å²) < 4.78 is 6.78. The summed E-state index contributed by atoms with van der Waals surface area (Å²) in [5.41, 5.74) is -0.902. The molecule has 0 fully saturated rings. The minimum Gasteiger partial charge on any atom is -0.465 e. The smallest absolute Gasteiger partial charge is 0.332 e. The SMILES string of the molecule is CCOC(=O)Cn1c(=O)n(CC#N)c(=O)c2ccccc21. The van der Waals surface area contributed by atoms with Gasteiger partial charge in [0.05, 0.1) is 23.6 Å². The van der Waals surface area contributed by atoms with E-state index in [0.717, 1.165) is 9.13 Å². The predicted molar refractivity (Wildman–Crippen MR) is 74.7 cm³/mol. The van der Waals surface area contributed by atoms with Crippen molar-refractivity contribution in [1.82, 2.24) is 9.13 Å². The van der Waals surface area contributed by atoms with Gasteiger partial charge < -0.3 is 4.74 Å². The molecule has 108 valence electrons. The molecule has 1 aromatic carbocycles. The third-order valence-electron chi connectivity index (χ3n) is 2.95. The number of benzene rings is 1. The lowest BCUT2D eigenvalue weighted by Crippen LogP contribution is -2.41. The second-order valence-electron chi connectivity index (χ2n) is 4.24. The van der Waals surface area contributed by atoms with E-state index < -0.39 is 17.2 Å². The lowest BCUT2D eigenvalue weighted by molar-refractivity contribution is -0.143. The van der Waals surface area contributed by atoms with E-state index in [2.05, 4.69) is 0 Å². The van der Waals surface area contributed by atoms with E-state index in [4.69, 9.17) is 10.00 Å². The van der Waals surface area contributed by atoms with Crippen molar-refractivity contribution in [3.05, 3.63) is 45.1 Å². The van der Waals surface area contributed by atoms with Crippen LogP contribution in [0.5, 0.6) is 0 Å². The minimum atomic E-state index is -0.701. The molecule has 0 radical (unpaired) electrons. The molecule has 1 aromatic heterocycles. The first-order chi connectivity index (χ1) is 10.1. The molecule has 2 aromatic rings. The standard InChI is InChI=1S/C14H13N3O4/c1-2-21-12(18)9-17-11-6-4-3-5-10(11)13(19)16(8-7-15)14(17)20/h3-6H,2,8-9H2,1H3. The Labute approximate surface area is 119 Å². The Hall–Kier alpha value is -2.88.